The summed E-state index contributed by atoms with van der Waals surface area (Å²) < 4.78 is 0. The van der Waals surface area contributed by atoms with E-state index in [0.717, 1.165) is 12.1 Å². The van der Waals surface area contributed by atoms with Gasteiger partial charge < -0.3 is 10.6 Å². The summed E-state index contributed by atoms with van der Waals surface area (Å²) in [5.74, 6) is 0.616. The average molecular weight is 248 g/mol. The molecule has 0 spiro atoms. The van der Waals surface area contributed by atoms with Gasteiger partial charge in [-0.05, 0) is 37.0 Å². The van der Waals surface area contributed by atoms with Gasteiger partial charge in [0, 0.05) is 25.2 Å². The molecule has 1 amide bonds. The number of rotatable bonds is 5. The van der Waals surface area contributed by atoms with Crippen molar-refractivity contribution in [3.8, 4) is 0 Å². The van der Waals surface area contributed by atoms with Crippen LogP contribution in [0.2, 0.25) is 0 Å². The highest BCUT2D eigenvalue weighted by molar-refractivity contribution is 5.93. The van der Waals surface area contributed by atoms with E-state index in [-0.39, 0.29) is 11.9 Å². The quantitative estimate of drug-likeness (QED) is 0.871. The highest BCUT2D eigenvalue weighted by atomic mass is 16.2. The first-order valence-electron chi connectivity index (χ1n) is 6.57. The molecule has 0 fully saturated rings. The summed E-state index contributed by atoms with van der Waals surface area (Å²) in [6.45, 7) is 6.23. The Labute approximate surface area is 110 Å². The Morgan fingerprint density at radius 1 is 1.28 bits per heavy atom. The zero-order chi connectivity index (χ0) is 13.7. The van der Waals surface area contributed by atoms with Crippen molar-refractivity contribution in [1.82, 2.24) is 0 Å². The zero-order valence-electron chi connectivity index (χ0n) is 11.8. The van der Waals surface area contributed by atoms with Crippen molar-refractivity contribution in [2.75, 3.05) is 11.9 Å². The first kappa shape index (κ1) is 14.7. The fourth-order valence-electron chi connectivity index (χ4n) is 1.82. The maximum Gasteiger partial charge on any atom is 0.228 e. The van der Waals surface area contributed by atoms with Crippen LogP contribution in [0.15, 0.2) is 24.3 Å². The number of hydrogen-bond acceptors (Lipinski definition) is 2. The van der Waals surface area contributed by atoms with Crippen LogP contribution in [0, 0.1) is 0 Å². The second kappa shape index (κ2) is 6.55. The lowest BCUT2D eigenvalue weighted by molar-refractivity contribution is -0.118. The summed E-state index contributed by atoms with van der Waals surface area (Å²) in [5, 5.41) is 0. The Kier molecular flexibility index (Phi) is 5.35. The van der Waals surface area contributed by atoms with Gasteiger partial charge in [0.25, 0.3) is 0 Å². The minimum Gasteiger partial charge on any atom is -0.327 e. The fraction of sp³-hybridized carbons (Fsp3) is 0.533. The Morgan fingerprint density at radius 3 is 2.28 bits per heavy atom. The minimum atomic E-state index is -0.0978. The van der Waals surface area contributed by atoms with Gasteiger partial charge in [-0.3, -0.25) is 4.79 Å². The number of benzene rings is 1. The lowest BCUT2D eigenvalue weighted by Crippen LogP contribution is -2.31. The smallest absolute Gasteiger partial charge is 0.228 e. The normalized spacial score (nSPS) is 14.1. The molecule has 2 unspecified atom stereocenters. The van der Waals surface area contributed by atoms with Crippen molar-refractivity contribution < 1.29 is 4.79 Å². The molecule has 0 aliphatic heterocycles. The number of nitrogens with two attached hydrogens (primary N) is 1. The van der Waals surface area contributed by atoms with Gasteiger partial charge in [0.15, 0.2) is 0 Å². The standard InChI is InChI=1S/C15H24N2O/c1-5-11(2)13-6-8-14(9-7-13)17(4)15(18)10-12(3)16/h6-9,11-12H,5,10,16H2,1-4H3. The van der Waals surface area contributed by atoms with Crippen LogP contribution < -0.4 is 10.6 Å². The van der Waals surface area contributed by atoms with Gasteiger partial charge in [0.05, 0.1) is 0 Å². The molecule has 1 rings (SSSR count). The van der Waals surface area contributed by atoms with E-state index in [1.54, 1.807) is 11.9 Å². The van der Waals surface area contributed by atoms with E-state index >= 15 is 0 Å². The van der Waals surface area contributed by atoms with Gasteiger partial charge in [-0.1, -0.05) is 26.0 Å². The largest absolute Gasteiger partial charge is 0.327 e. The number of carbonyl (C=O) groups excluding carboxylic acids is 1. The third kappa shape index (κ3) is 3.84. The molecule has 0 aliphatic rings. The predicted octanol–water partition coefficient (Wildman–Crippen LogP) is 2.90. The molecular weight excluding hydrogens is 224 g/mol. The number of amides is 1. The highest BCUT2D eigenvalue weighted by Gasteiger charge is 2.13. The van der Waals surface area contributed by atoms with Crippen molar-refractivity contribution in [3.63, 3.8) is 0 Å². The van der Waals surface area contributed by atoms with Gasteiger partial charge in [-0.25, -0.2) is 0 Å². The summed E-state index contributed by atoms with van der Waals surface area (Å²) in [5.41, 5.74) is 7.88. The molecule has 2 N–H and O–H groups in total. The van der Waals surface area contributed by atoms with Crippen LogP contribution in [0.5, 0.6) is 0 Å². The number of hydrogen-bond donors (Lipinski definition) is 1. The second-order valence-electron chi connectivity index (χ2n) is 5.03. The molecule has 0 saturated heterocycles. The summed E-state index contributed by atoms with van der Waals surface area (Å²) in [4.78, 5) is 13.5. The molecule has 0 aromatic heterocycles. The van der Waals surface area contributed by atoms with Crippen molar-refractivity contribution in [1.29, 1.82) is 0 Å². The van der Waals surface area contributed by atoms with Crippen LogP contribution in [0.1, 0.15) is 45.1 Å². The van der Waals surface area contributed by atoms with E-state index in [4.69, 9.17) is 5.73 Å². The molecule has 18 heavy (non-hydrogen) atoms. The van der Waals surface area contributed by atoms with E-state index in [2.05, 4.69) is 26.0 Å². The molecule has 0 heterocycles. The van der Waals surface area contributed by atoms with Gasteiger partial charge in [-0.2, -0.15) is 0 Å². The van der Waals surface area contributed by atoms with Crippen LogP contribution in [0.25, 0.3) is 0 Å². The maximum absolute atomic E-state index is 11.9. The molecule has 0 radical (unpaired) electrons. The fourth-order valence-corrected chi connectivity index (χ4v) is 1.82. The van der Waals surface area contributed by atoms with Gasteiger partial charge in [0.2, 0.25) is 5.91 Å². The molecule has 3 heteroatoms. The van der Waals surface area contributed by atoms with Gasteiger partial charge in [-0.15, -0.1) is 0 Å². The van der Waals surface area contributed by atoms with Crippen molar-refractivity contribution in [2.24, 2.45) is 5.73 Å². The molecule has 1 aromatic carbocycles. The predicted molar refractivity (Wildman–Crippen MR) is 76.8 cm³/mol. The number of anilines is 1. The monoisotopic (exact) mass is 248 g/mol. The third-order valence-electron chi connectivity index (χ3n) is 3.33. The molecule has 3 nitrogen and oxygen atoms in total. The van der Waals surface area contributed by atoms with E-state index in [9.17, 15) is 4.79 Å². The summed E-state index contributed by atoms with van der Waals surface area (Å²) in [6, 6.07) is 8.10. The highest BCUT2D eigenvalue weighted by Crippen LogP contribution is 2.22. The van der Waals surface area contributed by atoms with Gasteiger partial charge >= 0.3 is 0 Å². The summed E-state index contributed by atoms with van der Waals surface area (Å²) in [6.07, 6.45) is 1.50. The first-order chi connectivity index (χ1) is 8.45. The lowest BCUT2D eigenvalue weighted by atomic mass is 9.98. The number of nitrogens with zero attached hydrogens (tertiary/aromatic N) is 1. The van der Waals surface area contributed by atoms with Gasteiger partial charge in [0.1, 0.15) is 0 Å². The third-order valence-corrected chi connectivity index (χ3v) is 3.33. The van der Waals surface area contributed by atoms with Crippen LogP contribution >= 0.6 is 0 Å². The number of carbonyl (C=O) groups is 1. The Hall–Kier alpha value is -1.35. The molecule has 100 valence electrons. The lowest BCUT2D eigenvalue weighted by Gasteiger charge is -2.19. The first-order valence-corrected chi connectivity index (χ1v) is 6.57. The Morgan fingerprint density at radius 2 is 1.83 bits per heavy atom. The Balaban J connectivity index is 2.75. The summed E-state index contributed by atoms with van der Waals surface area (Å²) in [7, 11) is 1.79. The second-order valence-corrected chi connectivity index (χ2v) is 5.03. The van der Waals surface area contributed by atoms with Crippen molar-refractivity contribution in [3.05, 3.63) is 29.8 Å². The zero-order valence-corrected chi connectivity index (χ0v) is 11.8. The summed E-state index contributed by atoms with van der Waals surface area (Å²) >= 11 is 0. The molecule has 2 atom stereocenters. The van der Waals surface area contributed by atoms with Crippen LogP contribution in [-0.2, 0) is 4.79 Å². The van der Waals surface area contributed by atoms with Crippen molar-refractivity contribution in [2.45, 2.75) is 45.6 Å². The van der Waals surface area contributed by atoms with E-state index in [1.807, 2.05) is 19.1 Å². The average Bonchev–Trinajstić information content (AvgIpc) is 2.36. The Bertz CT molecular complexity index is 384. The molecule has 0 aliphatic carbocycles. The van der Waals surface area contributed by atoms with E-state index in [1.165, 1.54) is 5.56 Å². The maximum atomic E-state index is 11.9. The topological polar surface area (TPSA) is 46.3 Å². The SMILES string of the molecule is CCC(C)c1ccc(N(C)C(=O)CC(C)N)cc1. The molecule has 0 saturated carbocycles. The molecule has 1 aromatic rings. The van der Waals surface area contributed by atoms with E-state index in [0.29, 0.717) is 12.3 Å². The van der Waals surface area contributed by atoms with Crippen LogP contribution in [0.3, 0.4) is 0 Å². The molecule has 0 bridgehead atoms. The van der Waals surface area contributed by atoms with Crippen LogP contribution in [0.4, 0.5) is 5.69 Å². The van der Waals surface area contributed by atoms with E-state index < -0.39 is 0 Å². The molecular formula is C15H24N2O. The van der Waals surface area contributed by atoms with Crippen LogP contribution in [-0.4, -0.2) is 19.0 Å². The van der Waals surface area contributed by atoms with Crippen molar-refractivity contribution >= 4 is 11.6 Å². The minimum absolute atomic E-state index is 0.0567.